The lowest BCUT2D eigenvalue weighted by Gasteiger charge is -2.10. The van der Waals surface area contributed by atoms with E-state index < -0.39 is 0 Å². The molecule has 2 aromatic rings. The Labute approximate surface area is 105 Å². The summed E-state index contributed by atoms with van der Waals surface area (Å²) >= 11 is 1.66. The van der Waals surface area contributed by atoms with Crippen LogP contribution in [0.5, 0.6) is 5.75 Å². The number of nitrogens with two attached hydrogens (primary N) is 1. The van der Waals surface area contributed by atoms with Gasteiger partial charge >= 0.3 is 0 Å². The number of nitrogens with zero attached hydrogens (tertiary/aromatic N) is 1. The maximum atomic E-state index is 5.77. The van der Waals surface area contributed by atoms with Crippen molar-refractivity contribution in [1.29, 1.82) is 0 Å². The molecule has 0 radical (unpaired) electrons. The highest BCUT2D eigenvalue weighted by molar-refractivity contribution is 7.11. The Kier molecular flexibility index (Phi) is 3.76. The minimum absolute atomic E-state index is 0.499. The number of aryl methyl sites for hydroxylation is 2. The van der Waals surface area contributed by atoms with Crippen molar-refractivity contribution in [2.45, 2.75) is 27.0 Å². The van der Waals surface area contributed by atoms with Gasteiger partial charge in [-0.05, 0) is 19.9 Å². The number of thiazole rings is 1. The molecule has 1 aromatic heterocycles. The minimum Gasteiger partial charge on any atom is -0.488 e. The number of hydrogen-bond donors (Lipinski definition) is 1. The average Bonchev–Trinajstić information content (AvgIpc) is 2.73. The summed E-state index contributed by atoms with van der Waals surface area (Å²) in [5, 5.41) is 1.06. The molecule has 0 unspecified atom stereocenters. The summed E-state index contributed by atoms with van der Waals surface area (Å²) in [6.45, 7) is 5.10. The Morgan fingerprint density at radius 3 is 2.82 bits per heavy atom. The Bertz CT molecular complexity index is 508. The van der Waals surface area contributed by atoms with Crippen molar-refractivity contribution in [3.63, 3.8) is 0 Å². The third-order valence-electron chi connectivity index (χ3n) is 2.47. The van der Waals surface area contributed by atoms with Crippen molar-refractivity contribution in [3.8, 4) is 5.75 Å². The smallest absolute Gasteiger partial charge is 0.124 e. The molecule has 3 nitrogen and oxygen atoms in total. The zero-order valence-electron chi connectivity index (χ0n) is 10.1. The van der Waals surface area contributed by atoms with Gasteiger partial charge in [-0.15, -0.1) is 11.3 Å². The maximum absolute atomic E-state index is 5.77. The quantitative estimate of drug-likeness (QED) is 0.905. The fourth-order valence-corrected chi connectivity index (χ4v) is 2.34. The van der Waals surface area contributed by atoms with Gasteiger partial charge in [0.2, 0.25) is 0 Å². The van der Waals surface area contributed by atoms with E-state index in [2.05, 4.69) is 18.0 Å². The molecule has 17 heavy (non-hydrogen) atoms. The van der Waals surface area contributed by atoms with Gasteiger partial charge in [-0.25, -0.2) is 4.98 Å². The standard InChI is InChI=1S/C13H16N2OS/c1-9-3-4-13(11(5-9)6-14)16-8-12-7-15-10(2)17-12/h3-5,7H,6,8,14H2,1-2H3. The normalized spacial score (nSPS) is 10.5. The van der Waals surface area contributed by atoms with Gasteiger partial charge in [-0.3, -0.25) is 0 Å². The summed E-state index contributed by atoms with van der Waals surface area (Å²) in [7, 11) is 0. The lowest BCUT2D eigenvalue weighted by Crippen LogP contribution is -2.02. The summed E-state index contributed by atoms with van der Waals surface area (Å²) in [6.07, 6.45) is 1.86. The van der Waals surface area contributed by atoms with Crippen LogP contribution >= 0.6 is 11.3 Å². The number of rotatable bonds is 4. The van der Waals surface area contributed by atoms with Crippen LogP contribution in [0.3, 0.4) is 0 Å². The molecule has 2 N–H and O–H groups in total. The van der Waals surface area contributed by atoms with E-state index in [1.807, 2.05) is 25.3 Å². The molecule has 0 atom stereocenters. The predicted octanol–water partition coefficient (Wildman–Crippen LogP) is 2.80. The molecule has 1 aromatic carbocycles. The van der Waals surface area contributed by atoms with Crippen LogP contribution in [0.15, 0.2) is 24.4 Å². The zero-order chi connectivity index (χ0) is 12.3. The number of benzene rings is 1. The van der Waals surface area contributed by atoms with Crippen LogP contribution in [0.25, 0.3) is 0 Å². The molecule has 0 spiro atoms. The maximum Gasteiger partial charge on any atom is 0.124 e. The van der Waals surface area contributed by atoms with Crippen LogP contribution < -0.4 is 10.5 Å². The molecule has 0 saturated carbocycles. The summed E-state index contributed by atoms with van der Waals surface area (Å²) in [5.74, 6) is 0.865. The van der Waals surface area contributed by atoms with E-state index in [9.17, 15) is 0 Å². The molecule has 0 saturated heterocycles. The van der Waals surface area contributed by atoms with Gasteiger partial charge in [0.1, 0.15) is 12.4 Å². The Morgan fingerprint density at radius 1 is 1.35 bits per heavy atom. The lowest BCUT2D eigenvalue weighted by atomic mass is 10.1. The van der Waals surface area contributed by atoms with E-state index in [4.69, 9.17) is 10.5 Å². The second-order valence-corrected chi connectivity index (χ2v) is 5.27. The highest BCUT2D eigenvalue weighted by Crippen LogP contribution is 2.22. The van der Waals surface area contributed by atoms with Crippen LogP contribution in [-0.2, 0) is 13.2 Å². The monoisotopic (exact) mass is 248 g/mol. The molecular formula is C13H16N2OS. The van der Waals surface area contributed by atoms with Gasteiger partial charge in [0, 0.05) is 18.3 Å². The average molecular weight is 248 g/mol. The van der Waals surface area contributed by atoms with Crippen LogP contribution in [0, 0.1) is 13.8 Å². The fourth-order valence-electron chi connectivity index (χ4n) is 1.63. The molecule has 2 rings (SSSR count). The Hall–Kier alpha value is -1.39. The molecule has 1 heterocycles. The molecular weight excluding hydrogens is 232 g/mol. The highest BCUT2D eigenvalue weighted by Gasteiger charge is 2.04. The van der Waals surface area contributed by atoms with Crippen molar-refractivity contribution in [3.05, 3.63) is 45.4 Å². The topological polar surface area (TPSA) is 48.1 Å². The van der Waals surface area contributed by atoms with E-state index in [0.717, 1.165) is 21.2 Å². The van der Waals surface area contributed by atoms with E-state index in [1.54, 1.807) is 11.3 Å². The summed E-state index contributed by atoms with van der Waals surface area (Å²) in [6, 6.07) is 6.07. The van der Waals surface area contributed by atoms with Crippen molar-refractivity contribution >= 4 is 11.3 Å². The SMILES string of the molecule is Cc1ccc(OCc2cnc(C)s2)c(CN)c1. The first kappa shape index (κ1) is 12.1. The van der Waals surface area contributed by atoms with Gasteiger partial charge in [0.05, 0.1) is 9.88 Å². The van der Waals surface area contributed by atoms with Gasteiger partial charge in [-0.1, -0.05) is 17.7 Å². The largest absolute Gasteiger partial charge is 0.488 e. The molecule has 90 valence electrons. The van der Waals surface area contributed by atoms with E-state index in [-0.39, 0.29) is 0 Å². The highest BCUT2D eigenvalue weighted by atomic mass is 32.1. The predicted molar refractivity (Wildman–Crippen MR) is 70.3 cm³/mol. The Balaban J connectivity index is 2.08. The van der Waals surface area contributed by atoms with Crippen LogP contribution in [0.2, 0.25) is 0 Å². The first-order valence-corrected chi connectivity index (χ1v) is 6.34. The van der Waals surface area contributed by atoms with Crippen LogP contribution in [-0.4, -0.2) is 4.98 Å². The number of ether oxygens (including phenoxy) is 1. The minimum atomic E-state index is 0.499. The molecule has 0 aliphatic carbocycles. The van der Waals surface area contributed by atoms with Gasteiger partial charge in [0.25, 0.3) is 0 Å². The Morgan fingerprint density at radius 2 is 2.18 bits per heavy atom. The van der Waals surface area contributed by atoms with Gasteiger partial charge in [0.15, 0.2) is 0 Å². The molecule has 0 bridgehead atoms. The number of hydrogen-bond acceptors (Lipinski definition) is 4. The summed E-state index contributed by atoms with van der Waals surface area (Å²) in [5.41, 5.74) is 7.95. The molecule has 0 amide bonds. The molecule has 0 aliphatic rings. The van der Waals surface area contributed by atoms with Gasteiger partial charge < -0.3 is 10.5 Å². The third-order valence-corrected chi connectivity index (χ3v) is 3.36. The fraction of sp³-hybridized carbons (Fsp3) is 0.308. The summed E-state index contributed by atoms with van der Waals surface area (Å²) < 4.78 is 5.77. The third kappa shape index (κ3) is 3.05. The molecule has 0 aliphatic heterocycles. The lowest BCUT2D eigenvalue weighted by molar-refractivity contribution is 0.306. The second kappa shape index (κ2) is 5.29. The van der Waals surface area contributed by atoms with Crippen LogP contribution in [0.1, 0.15) is 21.0 Å². The van der Waals surface area contributed by atoms with Crippen molar-refractivity contribution in [2.75, 3.05) is 0 Å². The first-order valence-electron chi connectivity index (χ1n) is 5.52. The molecule has 0 fully saturated rings. The van der Waals surface area contributed by atoms with Crippen LogP contribution in [0.4, 0.5) is 0 Å². The molecule has 4 heteroatoms. The van der Waals surface area contributed by atoms with Gasteiger partial charge in [-0.2, -0.15) is 0 Å². The summed E-state index contributed by atoms with van der Waals surface area (Å²) in [4.78, 5) is 5.33. The van der Waals surface area contributed by atoms with E-state index in [0.29, 0.717) is 13.2 Å². The number of aromatic nitrogens is 1. The van der Waals surface area contributed by atoms with Crippen molar-refractivity contribution < 1.29 is 4.74 Å². The second-order valence-electron chi connectivity index (χ2n) is 3.95. The zero-order valence-corrected chi connectivity index (χ0v) is 10.9. The van der Waals surface area contributed by atoms with E-state index >= 15 is 0 Å². The van der Waals surface area contributed by atoms with E-state index in [1.165, 1.54) is 5.56 Å². The first-order chi connectivity index (χ1) is 8.19. The van der Waals surface area contributed by atoms with Crippen molar-refractivity contribution in [1.82, 2.24) is 4.98 Å². The van der Waals surface area contributed by atoms with Crippen molar-refractivity contribution in [2.24, 2.45) is 5.73 Å².